The van der Waals surface area contributed by atoms with Gasteiger partial charge in [0.05, 0.1) is 18.7 Å². The lowest BCUT2D eigenvalue weighted by atomic mass is 10.1. The number of nitrogens with one attached hydrogen (secondary N) is 1. The highest BCUT2D eigenvalue weighted by Crippen LogP contribution is 2.12. The zero-order valence-corrected chi connectivity index (χ0v) is 10.8. The molecule has 4 nitrogen and oxygen atoms in total. The van der Waals surface area contributed by atoms with Crippen LogP contribution in [0.15, 0.2) is 30.3 Å². The van der Waals surface area contributed by atoms with Crippen LogP contribution in [0.25, 0.3) is 0 Å². The molecule has 1 amide bonds. The number of hydrogen-bond donors (Lipinski definition) is 3. The molecule has 0 heterocycles. The zero-order chi connectivity index (χ0) is 13.4. The molecule has 0 aliphatic heterocycles. The van der Waals surface area contributed by atoms with Crippen molar-refractivity contribution in [3.8, 4) is 0 Å². The zero-order valence-electron chi connectivity index (χ0n) is 10.8. The molecule has 1 aromatic carbocycles. The Hall–Kier alpha value is -1.39. The van der Waals surface area contributed by atoms with E-state index in [2.05, 4.69) is 12.2 Å². The first-order valence-electron chi connectivity index (χ1n) is 6.40. The monoisotopic (exact) mass is 250 g/mol. The van der Waals surface area contributed by atoms with Gasteiger partial charge >= 0.3 is 0 Å². The van der Waals surface area contributed by atoms with Crippen molar-refractivity contribution < 1.29 is 9.90 Å². The maximum atomic E-state index is 11.8. The van der Waals surface area contributed by atoms with E-state index in [4.69, 9.17) is 5.73 Å². The number of aliphatic hydroxyl groups is 1. The van der Waals surface area contributed by atoms with Crippen LogP contribution in [0.1, 0.15) is 37.8 Å². The normalized spacial score (nSPS) is 13.9. The molecule has 0 spiro atoms. The second-order valence-corrected chi connectivity index (χ2v) is 4.40. The van der Waals surface area contributed by atoms with Gasteiger partial charge in [-0.15, -0.1) is 0 Å². The Morgan fingerprint density at radius 2 is 2.06 bits per heavy atom. The molecule has 0 radical (unpaired) electrons. The van der Waals surface area contributed by atoms with Crippen LogP contribution in [-0.4, -0.2) is 23.7 Å². The van der Waals surface area contributed by atoms with Crippen molar-refractivity contribution in [2.45, 2.75) is 38.3 Å². The van der Waals surface area contributed by atoms with E-state index in [1.165, 1.54) is 0 Å². The van der Waals surface area contributed by atoms with Crippen LogP contribution in [-0.2, 0) is 4.79 Å². The van der Waals surface area contributed by atoms with E-state index in [1.54, 1.807) is 0 Å². The van der Waals surface area contributed by atoms with E-state index in [-0.39, 0.29) is 18.6 Å². The lowest BCUT2D eigenvalue weighted by Crippen LogP contribution is -2.43. The smallest absolute Gasteiger partial charge is 0.237 e. The van der Waals surface area contributed by atoms with Crippen LogP contribution in [0, 0.1) is 0 Å². The third-order valence-electron chi connectivity index (χ3n) is 2.91. The summed E-state index contributed by atoms with van der Waals surface area (Å²) >= 11 is 0. The Morgan fingerprint density at radius 1 is 1.39 bits per heavy atom. The number of aliphatic hydroxyl groups excluding tert-OH is 1. The quantitative estimate of drug-likeness (QED) is 0.684. The standard InChI is InChI=1S/C14H22N2O2/c1-2-3-9-12(15)14(18)16-13(10-17)11-7-5-4-6-8-11/h4-8,12-13,17H,2-3,9-10,15H2,1H3,(H,16,18)/t12-,13?/m0/s1. The van der Waals surface area contributed by atoms with E-state index in [9.17, 15) is 9.90 Å². The first kappa shape index (κ1) is 14.7. The van der Waals surface area contributed by atoms with Gasteiger partial charge in [-0.25, -0.2) is 0 Å². The minimum absolute atomic E-state index is 0.129. The van der Waals surface area contributed by atoms with Crippen molar-refractivity contribution in [2.75, 3.05) is 6.61 Å². The number of carbonyl (C=O) groups is 1. The lowest BCUT2D eigenvalue weighted by Gasteiger charge is -2.19. The fraction of sp³-hybridized carbons (Fsp3) is 0.500. The molecule has 0 fully saturated rings. The molecule has 2 atom stereocenters. The van der Waals surface area contributed by atoms with Gasteiger partial charge in [0, 0.05) is 0 Å². The third kappa shape index (κ3) is 4.47. The molecular weight excluding hydrogens is 228 g/mol. The molecule has 4 heteroatoms. The predicted molar refractivity (Wildman–Crippen MR) is 71.9 cm³/mol. The van der Waals surface area contributed by atoms with Crippen LogP contribution in [0.5, 0.6) is 0 Å². The Kier molecular flexibility index (Phi) is 6.39. The summed E-state index contributed by atoms with van der Waals surface area (Å²) in [5.74, 6) is -0.202. The summed E-state index contributed by atoms with van der Waals surface area (Å²) in [5.41, 5.74) is 6.68. The maximum Gasteiger partial charge on any atom is 0.237 e. The van der Waals surface area contributed by atoms with Gasteiger partial charge in [0.15, 0.2) is 0 Å². The molecular formula is C14H22N2O2. The average Bonchev–Trinajstić information content (AvgIpc) is 2.42. The predicted octanol–water partition coefficient (Wildman–Crippen LogP) is 1.35. The van der Waals surface area contributed by atoms with Crippen molar-refractivity contribution >= 4 is 5.91 Å². The van der Waals surface area contributed by atoms with Gasteiger partial charge in [-0.05, 0) is 12.0 Å². The van der Waals surface area contributed by atoms with Gasteiger partial charge in [0.2, 0.25) is 5.91 Å². The van der Waals surface area contributed by atoms with Crippen molar-refractivity contribution in [1.29, 1.82) is 0 Å². The van der Waals surface area contributed by atoms with Gasteiger partial charge in [0.1, 0.15) is 0 Å². The Bertz CT molecular complexity index is 354. The Labute approximate surface area is 108 Å². The Balaban J connectivity index is 2.56. The number of benzene rings is 1. The van der Waals surface area contributed by atoms with E-state index in [1.807, 2.05) is 30.3 Å². The molecule has 0 aliphatic rings. The minimum atomic E-state index is -0.497. The summed E-state index contributed by atoms with van der Waals surface area (Å²) in [6, 6.07) is 8.51. The van der Waals surface area contributed by atoms with Crippen LogP contribution in [0.2, 0.25) is 0 Å². The molecule has 0 bridgehead atoms. The topological polar surface area (TPSA) is 75.4 Å². The molecule has 0 aliphatic carbocycles. The number of carbonyl (C=O) groups excluding carboxylic acids is 1. The second-order valence-electron chi connectivity index (χ2n) is 4.40. The molecule has 100 valence electrons. The van der Waals surface area contributed by atoms with Crippen molar-refractivity contribution in [2.24, 2.45) is 5.73 Å². The van der Waals surface area contributed by atoms with Gasteiger partial charge in [-0.1, -0.05) is 50.1 Å². The van der Waals surface area contributed by atoms with Gasteiger partial charge in [-0.2, -0.15) is 0 Å². The fourth-order valence-electron chi connectivity index (χ4n) is 1.75. The first-order valence-corrected chi connectivity index (χ1v) is 6.40. The maximum absolute atomic E-state index is 11.8. The van der Waals surface area contributed by atoms with E-state index < -0.39 is 6.04 Å². The lowest BCUT2D eigenvalue weighted by molar-refractivity contribution is -0.123. The van der Waals surface area contributed by atoms with E-state index >= 15 is 0 Å². The number of hydrogen-bond acceptors (Lipinski definition) is 3. The summed E-state index contributed by atoms with van der Waals surface area (Å²) in [6.07, 6.45) is 2.63. The fourth-order valence-corrected chi connectivity index (χ4v) is 1.75. The van der Waals surface area contributed by atoms with Crippen LogP contribution >= 0.6 is 0 Å². The number of nitrogens with two attached hydrogens (primary N) is 1. The molecule has 0 saturated carbocycles. The number of rotatable bonds is 7. The summed E-state index contributed by atoms with van der Waals surface area (Å²) < 4.78 is 0. The van der Waals surface area contributed by atoms with Crippen LogP contribution in [0.4, 0.5) is 0 Å². The van der Waals surface area contributed by atoms with Crippen molar-refractivity contribution in [3.05, 3.63) is 35.9 Å². The number of unbranched alkanes of at least 4 members (excludes halogenated alkanes) is 1. The van der Waals surface area contributed by atoms with E-state index in [0.717, 1.165) is 18.4 Å². The van der Waals surface area contributed by atoms with Gasteiger partial charge < -0.3 is 16.2 Å². The first-order chi connectivity index (χ1) is 8.69. The summed E-state index contributed by atoms with van der Waals surface area (Å²) in [7, 11) is 0. The minimum Gasteiger partial charge on any atom is -0.394 e. The third-order valence-corrected chi connectivity index (χ3v) is 2.91. The van der Waals surface area contributed by atoms with E-state index in [0.29, 0.717) is 6.42 Å². The van der Waals surface area contributed by atoms with Crippen LogP contribution in [0.3, 0.4) is 0 Å². The average molecular weight is 250 g/mol. The Morgan fingerprint density at radius 3 is 2.61 bits per heavy atom. The largest absolute Gasteiger partial charge is 0.394 e. The van der Waals surface area contributed by atoms with Crippen molar-refractivity contribution in [1.82, 2.24) is 5.32 Å². The number of amides is 1. The second kappa shape index (κ2) is 7.84. The molecule has 1 rings (SSSR count). The van der Waals surface area contributed by atoms with Gasteiger partial charge in [0.25, 0.3) is 0 Å². The molecule has 1 aromatic rings. The van der Waals surface area contributed by atoms with Gasteiger partial charge in [-0.3, -0.25) is 4.79 Å². The highest BCUT2D eigenvalue weighted by molar-refractivity contribution is 5.81. The molecule has 18 heavy (non-hydrogen) atoms. The summed E-state index contributed by atoms with van der Waals surface area (Å²) in [5, 5.41) is 12.1. The molecule has 0 aromatic heterocycles. The highest BCUT2D eigenvalue weighted by Gasteiger charge is 2.18. The molecule has 0 saturated heterocycles. The summed E-state index contributed by atoms with van der Waals surface area (Å²) in [6.45, 7) is 1.93. The van der Waals surface area contributed by atoms with Crippen molar-refractivity contribution in [3.63, 3.8) is 0 Å². The molecule has 1 unspecified atom stereocenters. The highest BCUT2D eigenvalue weighted by atomic mass is 16.3. The van der Waals surface area contributed by atoms with Crippen LogP contribution < -0.4 is 11.1 Å². The molecule has 4 N–H and O–H groups in total. The SMILES string of the molecule is CCCC[C@H](N)C(=O)NC(CO)c1ccccc1. The summed E-state index contributed by atoms with van der Waals surface area (Å²) in [4.78, 5) is 11.8.